The molecule has 0 heterocycles. The number of ether oxygens (including phenoxy) is 1. The lowest BCUT2D eigenvalue weighted by atomic mass is 10.1. The van der Waals surface area contributed by atoms with Gasteiger partial charge >= 0.3 is 0 Å². The third-order valence-electron chi connectivity index (χ3n) is 1.41. The maximum Gasteiger partial charge on any atom is 0.127 e. The van der Waals surface area contributed by atoms with Crippen molar-refractivity contribution in [3.8, 4) is 5.75 Å². The molecule has 0 aliphatic rings. The Morgan fingerprint density at radius 2 is 1.73 bits per heavy atom. The Hall–Kier alpha value is -1.24. The molecule has 11 heavy (non-hydrogen) atoms. The van der Waals surface area contributed by atoms with Gasteiger partial charge in [-0.3, -0.25) is 0 Å². The van der Waals surface area contributed by atoms with E-state index in [0.29, 0.717) is 0 Å². The van der Waals surface area contributed by atoms with Crippen LogP contribution < -0.4 is 4.74 Å². The summed E-state index contributed by atoms with van der Waals surface area (Å²) in [6.07, 6.45) is 1.44. The fourth-order valence-electron chi connectivity index (χ4n) is 1.10. The number of hydrogen-bond donors (Lipinski definition) is 0. The first-order chi connectivity index (χ1) is 5.22. The van der Waals surface area contributed by atoms with E-state index in [9.17, 15) is 0 Å². The fourth-order valence-corrected chi connectivity index (χ4v) is 1.10. The van der Waals surface area contributed by atoms with E-state index >= 15 is 0 Å². The van der Waals surface area contributed by atoms with Crippen LogP contribution in [0.15, 0.2) is 31.0 Å². The second-order valence-corrected chi connectivity index (χ2v) is 2.61. The minimum Gasteiger partial charge on any atom is -0.466 e. The molecule has 1 nitrogen and oxygen atoms in total. The van der Waals surface area contributed by atoms with Crippen LogP contribution in [0.3, 0.4) is 0 Å². The molecule has 0 saturated heterocycles. The predicted octanol–water partition coefficient (Wildman–Crippen LogP) is 2.83. The molecular weight excluding hydrogens is 136 g/mol. The largest absolute Gasteiger partial charge is 0.466 e. The summed E-state index contributed by atoms with van der Waals surface area (Å²) in [7, 11) is 0. The van der Waals surface area contributed by atoms with Gasteiger partial charge in [-0.1, -0.05) is 12.6 Å². The number of aryl methyl sites for hydroxylation is 2. The average molecular weight is 148 g/mol. The molecule has 0 aromatic heterocycles. The molecule has 1 aromatic carbocycles. The van der Waals surface area contributed by atoms with Gasteiger partial charge in [-0.2, -0.15) is 0 Å². The zero-order valence-corrected chi connectivity index (χ0v) is 6.92. The van der Waals surface area contributed by atoms with Crippen LogP contribution in [0.1, 0.15) is 11.1 Å². The van der Waals surface area contributed by atoms with Crippen molar-refractivity contribution in [2.24, 2.45) is 0 Å². The summed E-state index contributed by atoms with van der Waals surface area (Å²) >= 11 is 0. The molecule has 0 spiro atoms. The van der Waals surface area contributed by atoms with Crippen LogP contribution in [0.4, 0.5) is 0 Å². The van der Waals surface area contributed by atoms with Gasteiger partial charge in [-0.15, -0.1) is 0 Å². The van der Waals surface area contributed by atoms with Crippen molar-refractivity contribution in [3.63, 3.8) is 0 Å². The Labute approximate surface area is 67.3 Å². The molecule has 0 aliphatic heterocycles. The zero-order valence-electron chi connectivity index (χ0n) is 6.92. The van der Waals surface area contributed by atoms with Gasteiger partial charge in [0, 0.05) is 0 Å². The van der Waals surface area contributed by atoms with Gasteiger partial charge in [0.05, 0.1) is 6.26 Å². The van der Waals surface area contributed by atoms with Crippen LogP contribution >= 0.6 is 0 Å². The van der Waals surface area contributed by atoms with E-state index < -0.39 is 0 Å². The summed E-state index contributed by atoms with van der Waals surface area (Å²) in [4.78, 5) is 0. The monoisotopic (exact) mass is 148 g/mol. The molecule has 0 saturated carbocycles. The fraction of sp³-hybridized carbons (Fsp3) is 0.200. The Bertz CT molecular complexity index is 243. The van der Waals surface area contributed by atoms with Crippen molar-refractivity contribution in [3.05, 3.63) is 42.2 Å². The molecule has 1 heteroatoms. The molecular formula is C10H12O. The maximum atomic E-state index is 5.13. The first kappa shape index (κ1) is 7.86. The lowest BCUT2D eigenvalue weighted by Crippen LogP contribution is -1.83. The lowest BCUT2D eigenvalue weighted by molar-refractivity contribution is 0.482. The highest BCUT2D eigenvalue weighted by Crippen LogP contribution is 2.15. The normalized spacial score (nSPS) is 9.27. The number of benzene rings is 1. The molecule has 0 unspecified atom stereocenters. The Morgan fingerprint density at radius 3 is 2.18 bits per heavy atom. The average Bonchev–Trinajstić information content (AvgIpc) is 1.85. The van der Waals surface area contributed by atoms with Crippen LogP contribution in [0.5, 0.6) is 5.75 Å². The standard InChI is InChI=1S/C10H12O/c1-4-11-10-6-8(2)5-9(3)7-10/h4-7H,1H2,2-3H3. The van der Waals surface area contributed by atoms with Gasteiger partial charge in [0.25, 0.3) is 0 Å². The van der Waals surface area contributed by atoms with Gasteiger partial charge in [0.2, 0.25) is 0 Å². The molecule has 0 N–H and O–H groups in total. The van der Waals surface area contributed by atoms with E-state index in [-0.39, 0.29) is 0 Å². The Balaban J connectivity index is 2.98. The third kappa shape index (κ3) is 2.11. The van der Waals surface area contributed by atoms with Gasteiger partial charge in [0.1, 0.15) is 5.75 Å². The minimum atomic E-state index is 0.859. The molecule has 58 valence electrons. The highest BCUT2D eigenvalue weighted by molar-refractivity contribution is 5.33. The van der Waals surface area contributed by atoms with Gasteiger partial charge in [-0.25, -0.2) is 0 Å². The molecule has 0 atom stereocenters. The quantitative estimate of drug-likeness (QED) is 0.586. The highest BCUT2D eigenvalue weighted by atomic mass is 16.5. The summed E-state index contributed by atoms with van der Waals surface area (Å²) in [6, 6.07) is 6.07. The topological polar surface area (TPSA) is 9.23 Å². The second kappa shape index (κ2) is 3.24. The molecule has 0 bridgehead atoms. The second-order valence-electron chi connectivity index (χ2n) is 2.61. The van der Waals surface area contributed by atoms with E-state index in [1.54, 1.807) is 0 Å². The highest BCUT2D eigenvalue weighted by Gasteiger charge is 1.93. The van der Waals surface area contributed by atoms with E-state index in [1.165, 1.54) is 17.4 Å². The third-order valence-corrected chi connectivity index (χ3v) is 1.41. The van der Waals surface area contributed by atoms with Gasteiger partial charge < -0.3 is 4.74 Å². The van der Waals surface area contributed by atoms with Crippen molar-refractivity contribution in [1.29, 1.82) is 0 Å². The summed E-state index contributed by atoms with van der Waals surface area (Å²) < 4.78 is 5.13. The first-order valence-corrected chi connectivity index (χ1v) is 3.58. The lowest BCUT2D eigenvalue weighted by Gasteiger charge is -2.02. The summed E-state index contributed by atoms with van der Waals surface area (Å²) in [5.74, 6) is 0.859. The predicted molar refractivity (Wildman–Crippen MR) is 46.7 cm³/mol. The smallest absolute Gasteiger partial charge is 0.127 e. The Morgan fingerprint density at radius 1 is 1.18 bits per heavy atom. The van der Waals surface area contributed by atoms with Crippen molar-refractivity contribution < 1.29 is 4.74 Å². The van der Waals surface area contributed by atoms with Crippen molar-refractivity contribution in [2.45, 2.75) is 13.8 Å². The van der Waals surface area contributed by atoms with Gasteiger partial charge in [0.15, 0.2) is 0 Å². The summed E-state index contributed by atoms with van der Waals surface area (Å²) in [6.45, 7) is 7.58. The van der Waals surface area contributed by atoms with Crippen molar-refractivity contribution in [1.82, 2.24) is 0 Å². The van der Waals surface area contributed by atoms with Crippen LogP contribution in [0.2, 0.25) is 0 Å². The minimum absolute atomic E-state index is 0.859. The van der Waals surface area contributed by atoms with Crippen molar-refractivity contribution >= 4 is 0 Å². The van der Waals surface area contributed by atoms with Crippen molar-refractivity contribution in [2.75, 3.05) is 0 Å². The van der Waals surface area contributed by atoms with E-state index in [4.69, 9.17) is 4.74 Å². The molecule has 1 aromatic rings. The molecule has 0 aliphatic carbocycles. The summed E-state index contributed by atoms with van der Waals surface area (Å²) in [5.41, 5.74) is 2.42. The zero-order chi connectivity index (χ0) is 8.27. The summed E-state index contributed by atoms with van der Waals surface area (Å²) in [5, 5.41) is 0. The molecule has 0 amide bonds. The number of hydrogen-bond acceptors (Lipinski definition) is 1. The number of rotatable bonds is 2. The van der Waals surface area contributed by atoms with Crippen LogP contribution in [-0.2, 0) is 0 Å². The SMILES string of the molecule is C=COc1cc(C)cc(C)c1. The van der Waals surface area contributed by atoms with Gasteiger partial charge in [-0.05, 0) is 37.1 Å². The maximum absolute atomic E-state index is 5.13. The van der Waals surface area contributed by atoms with E-state index in [1.807, 2.05) is 26.0 Å². The molecule has 1 rings (SSSR count). The molecule has 0 fully saturated rings. The van der Waals surface area contributed by atoms with E-state index in [0.717, 1.165) is 5.75 Å². The van der Waals surface area contributed by atoms with Crippen LogP contribution in [-0.4, -0.2) is 0 Å². The van der Waals surface area contributed by atoms with Crippen LogP contribution in [0, 0.1) is 13.8 Å². The molecule has 0 radical (unpaired) electrons. The Kier molecular flexibility index (Phi) is 2.32. The van der Waals surface area contributed by atoms with Crippen LogP contribution in [0.25, 0.3) is 0 Å². The first-order valence-electron chi connectivity index (χ1n) is 3.58. The van der Waals surface area contributed by atoms with E-state index in [2.05, 4.69) is 12.6 Å².